The summed E-state index contributed by atoms with van der Waals surface area (Å²) in [6, 6.07) is 18.3. The minimum absolute atomic E-state index is 0.0356. The van der Waals surface area contributed by atoms with Crippen LogP contribution in [0.3, 0.4) is 0 Å². The number of carbonyl (C=O) groups excluding carboxylic acids is 3. The fourth-order valence-electron chi connectivity index (χ4n) is 2.13. The molecule has 146 valence electrons. The van der Waals surface area contributed by atoms with Gasteiger partial charge in [-0.15, -0.1) is 0 Å². The molecule has 1 atom stereocenters. The van der Waals surface area contributed by atoms with Crippen LogP contribution in [-0.2, 0) is 16.0 Å². The van der Waals surface area contributed by atoms with Gasteiger partial charge in [-0.25, -0.2) is 0 Å². The standard InChI is InChI=1S/C13H15NO3.C8H10.C2H6/c1-9(15)8-12(10(2)16)14-13(17)11-6-4-3-5-7-11;1-2-8-6-4-3-5-7-8;1-2/h3-7,12H,8H2,1-2H3,(H,14,17);3-7H,2H2,1H3;1-2H3. The predicted molar refractivity (Wildman–Crippen MR) is 111 cm³/mol. The van der Waals surface area contributed by atoms with Gasteiger partial charge in [-0.3, -0.25) is 14.4 Å². The lowest BCUT2D eigenvalue weighted by Crippen LogP contribution is -2.40. The van der Waals surface area contributed by atoms with Gasteiger partial charge in [-0.2, -0.15) is 0 Å². The fourth-order valence-corrected chi connectivity index (χ4v) is 2.13. The minimum atomic E-state index is -0.736. The Kier molecular flexibility index (Phi) is 13.0. The number of carbonyl (C=O) groups is 3. The van der Waals surface area contributed by atoms with Crippen LogP contribution in [0.5, 0.6) is 0 Å². The van der Waals surface area contributed by atoms with Crippen LogP contribution in [-0.4, -0.2) is 23.5 Å². The lowest BCUT2D eigenvalue weighted by atomic mass is 10.1. The van der Waals surface area contributed by atoms with E-state index in [-0.39, 0.29) is 23.9 Å². The monoisotopic (exact) mass is 369 g/mol. The number of benzene rings is 2. The number of aryl methyl sites for hydroxylation is 1. The van der Waals surface area contributed by atoms with Gasteiger partial charge in [0.05, 0.1) is 6.04 Å². The normalized spacial score (nSPS) is 10.3. The molecule has 0 aromatic heterocycles. The molecule has 2 rings (SSSR count). The Labute approximate surface area is 163 Å². The van der Waals surface area contributed by atoms with Crippen molar-refractivity contribution in [3.63, 3.8) is 0 Å². The molecule has 0 fully saturated rings. The van der Waals surface area contributed by atoms with E-state index in [1.807, 2.05) is 19.9 Å². The third-order valence-corrected chi connectivity index (χ3v) is 3.57. The molecule has 1 amide bonds. The first-order valence-electron chi connectivity index (χ1n) is 9.33. The van der Waals surface area contributed by atoms with E-state index in [0.717, 1.165) is 6.42 Å². The highest BCUT2D eigenvalue weighted by molar-refractivity contribution is 5.98. The summed E-state index contributed by atoms with van der Waals surface area (Å²) >= 11 is 0. The molecule has 27 heavy (non-hydrogen) atoms. The van der Waals surface area contributed by atoms with E-state index in [2.05, 4.69) is 36.5 Å². The average Bonchev–Trinajstić information content (AvgIpc) is 2.70. The highest BCUT2D eigenvalue weighted by Crippen LogP contribution is 2.02. The molecule has 0 aliphatic rings. The van der Waals surface area contributed by atoms with E-state index in [9.17, 15) is 14.4 Å². The van der Waals surface area contributed by atoms with Gasteiger partial charge in [-0.05, 0) is 38.0 Å². The molecule has 0 aliphatic heterocycles. The SMILES string of the molecule is CC.CC(=O)CC(NC(=O)c1ccccc1)C(C)=O.CCc1ccccc1. The van der Waals surface area contributed by atoms with Crippen LogP contribution < -0.4 is 5.32 Å². The van der Waals surface area contributed by atoms with Crippen molar-refractivity contribution in [2.75, 3.05) is 0 Å². The summed E-state index contributed by atoms with van der Waals surface area (Å²) in [5.74, 6) is -0.685. The van der Waals surface area contributed by atoms with Crippen LogP contribution in [0.2, 0.25) is 0 Å². The van der Waals surface area contributed by atoms with Crippen molar-refractivity contribution in [3.05, 3.63) is 71.8 Å². The second-order valence-corrected chi connectivity index (χ2v) is 5.75. The van der Waals surface area contributed by atoms with E-state index in [4.69, 9.17) is 0 Å². The number of amides is 1. The zero-order chi connectivity index (χ0) is 20.7. The van der Waals surface area contributed by atoms with Crippen LogP contribution in [0, 0.1) is 0 Å². The zero-order valence-electron chi connectivity index (χ0n) is 17.0. The quantitative estimate of drug-likeness (QED) is 0.807. The third kappa shape index (κ3) is 10.8. The van der Waals surface area contributed by atoms with Crippen LogP contribution in [0.15, 0.2) is 60.7 Å². The first kappa shape index (κ1) is 24.2. The topological polar surface area (TPSA) is 63.2 Å². The van der Waals surface area contributed by atoms with E-state index in [0.29, 0.717) is 5.56 Å². The molecule has 4 nitrogen and oxygen atoms in total. The number of rotatable bonds is 6. The van der Waals surface area contributed by atoms with Gasteiger partial charge in [0.1, 0.15) is 5.78 Å². The average molecular weight is 370 g/mol. The van der Waals surface area contributed by atoms with Crippen LogP contribution >= 0.6 is 0 Å². The number of ketones is 2. The molecule has 0 spiro atoms. The number of nitrogens with one attached hydrogen (secondary N) is 1. The lowest BCUT2D eigenvalue weighted by molar-refractivity contribution is -0.123. The summed E-state index contributed by atoms with van der Waals surface area (Å²) in [7, 11) is 0. The number of hydrogen-bond donors (Lipinski definition) is 1. The van der Waals surface area contributed by atoms with E-state index in [1.165, 1.54) is 19.4 Å². The Bertz CT molecular complexity index is 681. The van der Waals surface area contributed by atoms with Gasteiger partial charge >= 0.3 is 0 Å². The maximum absolute atomic E-state index is 11.8. The summed E-state index contributed by atoms with van der Waals surface area (Å²) in [5, 5.41) is 2.55. The second kappa shape index (κ2) is 14.4. The molecule has 0 saturated heterocycles. The van der Waals surface area contributed by atoms with Crippen molar-refractivity contribution in [2.24, 2.45) is 0 Å². The summed E-state index contributed by atoms with van der Waals surface area (Å²) in [6.07, 6.45) is 1.18. The molecule has 0 saturated carbocycles. The van der Waals surface area contributed by atoms with Gasteiger partial charge in [0.25, 0.3) is 5.91 Å². The van der Waals surface area contributed by atoms with E-state index < -0.39 is 6.04 Å². The summed E-state index contributed by atoms with van der Waals surface area (Å²) in [4.78, 5) is 34.0. The lowest BCUT2D eigenvalue weighted by Gasteiger charge is -2.14. The molecule has 4 heteroatoms. The molecule has 1 N–H and O–H groups in total. The van der Waals surface area contributed by atoms with Crippen molar-refractivity contribution < 1.29 is 14.4 Å². The largest absolute Gasteiger partial charge is 0.342 e. The van der Waals surface area contributed by atoms with Gasteiger partial charge in [0.2, 0.25) is 0 Å². The van der Waals surface area contributed by atoms with Gasteiger partial charge in [0.15, 0.2) is 5.78 Å². The third-order valence-electron chi connectivity index (χ3n) is 3.57. The summed E-state index contributed by atoms with van der Waals surface area (Å²) in [5.41, 5.74) is 1.88. The van der Waals surface area contributed by atoms with Gasteiger partial charge < -0.3 is 5.32 Å². The molecule has 0 radical (unpaired) electrons. The Morgan fingerprint density at radius 3 is 1.70 bits per heavy atom. The molecule has 0 heterocycles. The highest BCUT2D eigenvalue weighted by Gasteiger charge is 2.19. The Hall–Kier alpha value is -2.75. The van der Waals surface area contributed by atoms with Gasteiger partial charge in [0, 0.05) is 12.0 Å². The minimum Gasteiger partial charge on any atom is -0.342 e. The molecule has 1 unspecified atom stereocenters. The highest BCUT2D eigenvalue weighted by atomic mass is 16.2. The van der Waals surface area contributed by atoms with Crippen molar-refractivity contribution in [1.29, 1.82) is 0 Å². The molecular weight excluding hydrogens is 338 g/mol. The van der Waals surface area contributed by atoms with Crippen molar-refractivity contribution in [1.82, 2.24) is 5.32 Å². The Morgan fingerprint density at radius 2 is 1.33 bits per heavy atom. The number of Topliss-reactive ketones (excluding diaryl/α,β-unsaturated/α-hetero) is 2. The first-order chi connectivity index (χ1) is 12.9. The molecule has 2 aromatic rings. The Balaban J connectivity index is 0.000000562. The van der Waals surface area contributed by atoms with Crippen LogP contribution in [0.25, 0.3) is 0 Å². The van der Waals surface area contributed by atoms with Crippen molar-refractivity contribution in [2.45, 2.75) is 53.5 Å². The fraction of sp³-hybridized carbons (Fsp3) is 0.348. The van der Waals surface area contributed by atoms with Crippen molar-refractivity contribution in [3.8, 4) is 0 Å². The van der Waals surface area contributed by atoms with E-state index in [1.54, 1.807) is 30.3 Å². The molecule has 2 aromatic carbocycles. The molecule has 0 bridgehead atoms. The van der Waals surface area contributed by atoms with E-state index >= 15 is 0 Å². The first-order valence-corrected chi connectivity index (χ1v) is 9.33. The number of hydrogen-bond acceptors (Lipinski definition) is 3. The van der Waals surface area contributed by atoms with Crippen LogP contribution in [0.4, 0.5) is 0 Å². The predicted octanol–water partition coefficient (Wildman–Crippen LogP) is 4.63. The second-order valence-electron chi connectivity index (χ2n) is 5.75. The zero-order valence-corrected chi connectivity index (χ0v) is 17.0. The van der Waals surface area contributed by atoms with Crippen molar-refractivity contribution >= 4 is 17.5 Å². The summed E-state index contributed by atoms with van der Waals surface area (Å²) < 4.78 is 0. The maximum atomic E-state index is 11.8. The van der Waals surface area contributed by atoms with Crippen LogP contribution in [0.1, 0.15) is 57.0 Å². The molecular formula is C23H31NO3. The van der Waals surface area contributed by atoms with Gasteiger partial charge in [-0.1, -0.05) is 69.3 Å². The Morgan fingerprint density at radius 1 is 0.852 bits per heavy atom. The molecule has 0 aliphatic carbocycles. The summed E-state index contributed by atoms with van der Waals surface area (Å²) in [6.45, 7) is 8.92. The maximum Gasteiger partial charge on any atom is 0.251 e. The smallest absolute Gasteiger partial charge is 0.251 e.